The van der Waals surface area contributed by atoms with Crippen LogP contribution in [0, 0.1) is 0 Å². The summed E-state index contributed by atoms with van der Waals surface area (Å²) in [6.07, 6.45) is 0. The number of benzene rings is 2. The van der Waals surface area contributed by atoms with Crippen molar-refractivity contribution in [3.63, 3.8) is 0 Å². The lowest BCUT2D eigenvalue weighted by molar-refractivity contribution is -0.113. The van der Waals surface area contributed by atoms with Crippen molar-refractivity contribution in [2.75, 3.05) is 24.2 Å². The van der Waals surface area contributed by atoms with E-state index in [1.54, 1.807) is 53.4 Å². The fourth-order valence-electron chi connectivity index (χ4n) is 3.03. The maximum atomic E-state index is 13.5. The number of carbonyl (C=O) groups excluding carboxylic acids is 2. The van der Waals surface area contributed by atoms with Gasteiger partial charge in [-0.05, 0) is 50.2 Å². The Morgan fingerprint density at radius 2 is 1.77 bits per heavy atom. The molecule has 2 aromatic carbocycles. The zero-order valence-corrected chi connectivity index (χ0v) is 17.5. The quantitative estimate of drug-likeness (QED) is 0.527. The molecule has 0 bridgehead atoms. The van der Waals surface area contributed by atoms with Crippen LogP contribution in [0.5, 0.6) is 0 Å². The normalized spacial score (nSPS) is 11.1. The average molecular weight is 432 g/mol. The molecule has 9 heteroatoms. The molecule has 1 N–H and O–H groups in total. The molecule has 0 saturated carbocycles. The van der Waals surface area contributed by atoms with Crippen molar-refractivity contribution >= 4 is 40.3 Å². The summed E-state index contributed by atoms with van der Waals surface area (Å²) < 4.78 is 27.7. The topological polar surface area (TPSA) is 67.2 Å². The van der Waals surface area contributed by atoms with Gasteiger partial charge in [0.25, 0.3) is 5.91 Å². The summed E-state index contributed by atoms with van der Waals surface area (Å²) in [5, 5.41) is 2.79. The van der Waals surface area contributed by atoms with Gasteiger partial charge in [0, 0.05) is 24.3 Å². The summed E-state index contributed by atoms with van der Waals surface area (Å²) in [6.45, 7) is 2.31. The standard InChI is InChI=1S/C21H22F2N4O2S/c1-3-26(4-2)19(29)14-9-11-15(12-10-14)24-18(28)13-30-21-25-16-7-5-6-8-17(16)27(21)20(22)23/h5-12,20H,3-4,13H2,1-2H3,(H,24,28). The Bertz CT molecular complexity index is 1030. The van der Waals surface area contributed by atoms with Crippen molar-refractivity contribution < 1.29 is 18.4 Å². The molecular formula is C21H22F2N4O2S. The number of fused-ring (bicyclic) bond motifs is 1. The third-order valence-corrected chi connectivity index (χ3v) is 5.51. The summed E-state index contributed by atoms with van der Waals surface area (Å²) in [7, 11) is 0. The number of nitrogens with one attached hydrogen (secondary N) is 1. The minimum Gasteiger partial charge on any atom is -0.339 e. The number of thioether (sulfide) groups is 1. The number of anilines is 1. The lowest BCUT2D eigenvalue weighted by Crippen LogP contribution is -2.30. The highest BCUT2D eigenvalue weighted by molar-refractivity contribution is 7.99. The maximum absolute atomic E-state index is 13.5. The second-order valence-corrected chi connectivity index (χ2v) is 7.36. The van der Waals surface area contributed by atoms with E-state index in [0.29, 0.717) is 35.4 Å². The number of para-hydroxylation sites is 2. The van der Waals surface area contributed by atoms with E-state index in [0.717, 1.165) is 16.3 Å². The molecule has 0 fully saturated rings. The van der Waals surface area contributed by atoms with Crippen molar-refractivity contribution in [2.45, 2.75) is 25.6 Å². The second kappa shape index (κ2) is 9.71. The highest BCUT2D eigenvalue weighted by atomic mass is 32.2. The van der Waals surface area contributed by atoms with E-state index in [1.807, 2.05) is 13.8 Å². The zero-order chi connectivity index (χ0) is 21.7. The Morgan fingerprint density at radius 1 is 1.10 bits per heavy atom. The molecule has 2 amide bonds. The van der Waals surface area contributed by atoms with Gasteiger partial charge in [-0.2, -0.15) is 8.78 Å². The van der Waals surface area contributed by atoms with Gasteiger partial charge in [0.1, 0.15) is 0 Å². The van der Waals surface area contributed by atoms with Crippen LogP contribution in [-0.4, -0.2) is 45.1 Å². The molecule has 0 atom stereocenters. The van der Waals surface area contributed by atoms with Crippen LogP contribution in [-0.2, 0) is 4.79 Å². The number of rotatable bonds is 8. The first-order valence-electron chi connectivity index (χ1n) is 9.51. The van der Waals surface area contributed by atoms with Crippen LogP contribution in [0.25, 0.3) is 11.0 Å². The lowest BCUT2D eigenvalue weighted by Gasteiger charge is -2.18. The van der Waals surface area contributed by atoms with Crippen LogP contribution < -0.4 is 5.32 Å². The van der Waals surface area contributed by atoms with Crippen molar-refractivity contribution in [3.8, 4) is 0 Å². The predicted octanol–water partition coefficient (Wildman–Crippen LogP) is 4.64. The molecule has 0 aliphatic rings. The lowest BCUT2D eigenvalue weighted by atomic mass is 10.2. The van der Waals surface area contributed by atoms with Gasteiger partial charge in [-0.3, -0.25) is 14.2 Å². The Labute approximate surface area is 177 Å². The van der Waals surface area contributed by atoms with Crippen LogP contribution in [0.2, 0.25) is 0 Å². The Morgan fingerprint density at radius 3 is 2.40 bits per heavy atom. The number of hydrogen-bond donors (Lipinski definition) is 1. The number of imidazole rings is 1. The highest BCUT2D eigenvalue weighted by Gasteiger charge is 2.19. The first kappa shape index (κ1) is 21.8. The molecule has 0 saturated heterocycles. The molecule has 30 heavy (non-hydrogen) atoms. The van der Waals surface area contributed by atoms with E-state index in [9.17, 15) is 18.4 Å². The number of aromatic nitrogens is 2. The summed E-state index contributed by atoms with van der Waals surface area (Å²) in [4.78, 5) is 30.5. The number of amides is 2. The third kappa shape index (κ3) is 4.79. The molecule has 0 radical (unpaired) electrons. The fourth-order valence-corrected chi connectivity index (χ4v) is 3.84. The monoisotopic (exact) mass is 432 g/mol. The molecule has 0 spiro atoms. The van der Waals surface area contributed by atoms with E-state index in [4.69, 9.17) is 0 Å². The van der Waals surface area contributed by atoms with Gasteiger partial charge in [0.15, 0.2) is 5.16 Å². The fraction of sp³-hybridized carbons (Fsp3) is 0.286. The third-order valence-electron chi connectivity index (χ3n) is 4.56. The van der Waals surface area contributed by atoms with E-state index in [1.165, 1.54) is 0 Å². The molecular weight excluding hydrogens is 410 g/mol. The first-order valence-corrected chi connectivity index (χ1v) is 10.5. The number of carbonyl (C=O) groups is 2. The summed E-state index contributed by atoms with van der Waals surface area (Å²) >= 11 is 0.945. The van der Waals surface area contributed by atoms with Gasteiger partial charge in [0.05, 0.1) is 16.8 Å². The van der Waals surface area contributed by atoms with Gasteiger partial charge in [-0.25, -0.2) is 4.98 Å². The van der Waals surface area contributed by atoms with Gasteiger partial charge >= 0.3 is 6.55 Å². The molecule has 3 rings (SSSR count). The van der Waals surface area contributed by atoms with Crippen LogP contribution in [0.15, 0.2) is 53.7 Å². The minimum atomic E-state index is -2.75. The van der Waals surface area contributed by atoms with Crippen molar-refractivity contribution in [1.82, 2.24) is 14.5 Å². The molecule has 6 nitrogen and oxygen atoms in total. The summed E-state index contributed by atoms with van der Waals surface area (Å²) in [5.41, 5.74) is 1.84. The zero-order valence-electron chi connectivity index (χ0n) is 16.6. The smallest absolute Gasteiger partial charge is 0.321 e. The molecule has 0 aliphatic heterocycles. The Balaban J connectivity index is 1.63. The Hall–Kier alpha value is -2.94. The van der Waals surface area contributed by atoms with Crippen LogP contribution in [0.3, 0.4) is 0 Å². The van der Waals surface area contributed by atoms with Crippen molar-refractivity contribution in [3.05, 3.63) is 54.1 Å². The first-order chi connectivity index (χ1) is 14.4. The molecule has 3 aromatic rings. The number of halogens is 2. The van der Waals surface area contributed by atoms with E-state index >= 15 is 0 Å². The summed E-state index contributed by atoms with van der Waals surface area (Å²) in [5.74, 6) is -0.495. The molecule has 158 valence electrons. The summed E-state index contributed by atoms with van der Waals surface area (Å²) in [6, 6.07) is 13.2. The van der Waals surface area contributed by atoms with Gasteiger partial charge in [-0.1, -0.05) is 23.9 Å². The number of nitrogens with zero attached hydrogens (tertiary/aromatic N) is 3. The molecule has 0 unspecified atom stereocenters. The molecule has 1 heterocycles. The highest BCUT2D eigenvalue weighted by Crippen LogP contribution is 2.29. The predicted molar refractivity (Wildman–Crippen MR) is 114 cm³/mol. The number of hydrogen-bond acceptors (Lipinski definition) is 4. The van der Waals surface area contributed by atoms with E-state index in [2.05, 4.69) is 10.3 Å². The minimum absolute atomic E-state index is 0.0701. The Kier molecular flexibility index (Phi) is 7.04. The number of alkyl halides is 2. The van der Waals surface area contributed by atoms with E-state index in [-0.39, 0.29) is 22.7 Å². The van der Waals surface area contributed by atoms with Gasteiger partial charge in [0.2, 0.25) is 5.91 Å². The van der Waals surface area contributed by atoms with Gasteiger partial charge < -0.3 is 10.2 Å². The molecule has 1 aromatic heterocycles. The maximum Gasteiger partial charge on any atom is 0.321 e. The van der Waals surface area contributed by atoms with Crippen LogP contribution in [0.1, 0.15) is 30.8 Å². The van der Waals surface area contributed by atoms with Gasteiger partial charge in [-0.15, -0.1) is 0 Å². The average Bonchev–Trinajstić information content (AvgIpc) is 3.12. The molecule has 0 aliphatic carbocycles. The second-order valence-electron chi connectivity index (χ2n) is 6.42. The van der Waals surface area contributed by atoms with Crippen LogP contribution >= 0.6 is 11.8 Å². The van der Waals surface area contributed by atoms with E-state index < -0.39 is 6.55 Å². The van der Waals surface area contributed by atoms with Crippen LogP contribution in [0.4, 0.5) is 14.5 Å². The SMILES string of the molecule is CCN(CC)C(=O)c1ccc(NC(=O)CSc2nc3ccccc3n2C(F)F)cc1. The van der Waals surface area contributed by atoms with Crippen molar-refractivity contribution in [2.24, 2.45) is 0 Å². The largest absolute Gasteiger partial charge is 0.339 e. The van der Waals surface area contributed by atoms with Crippen molar-refractivity contribution in [1.29, 1.82) is 0 Å².